The highest BCUT2D eigenvalue weighted by molar-refractivity contribution is 5.48. The zero-order valence-electron chi connectivity index (χ0n) is 13.5. The first-order chi connectivity index (χ1) is 10.6. The van der Waals surface area contributed by atoms with Crippen LogP contribution < -0.4 is 4.57 Å². The lowest BCUT2D eigenvalue weighted by molar-refractivity contribution is -0.695. The Labute approximate surface area is 131 Å². The number of pyridine rings is 1. The molecule has 0 saturated carbocycles. The van der Waals surface area contributed by atoms with Crippen LogP contribution in [0.25, 0.3) is 5.69 Å². The Balaban J connectivity index is 1.80. The molecule has 3 nitrogen and oxygen atoms in total. The van der Waals surface area contributed by atoms with Crippen molar-refractivity contribution in [2.24, 2.45) is 0 Å². The van der Waals surface area contributed by atoms with E-state index in [4.69, 9.17) is 0 Å². The largest absolute Gasteiger partial charge is 0.261 e. The summed E-state index contributed by atoms with van der Waals surface area (Å²) in [5.74, 6) is 0. The highest BCUT2D eigenvalue weighted by Crippen LogP contribution is 2.20. The van der Waals surface area contributed by atoms with E-state index < -0.39 is 0 Å². The first-order valence-corrected chi connectivity index (χ1v) is 7.68. The van der Waals surface area contributed by atoms with E-state index in [-0.39, 0.29) is 0 Å². The van der Waals surface area contributed by atoms with Gasteiger partial charge in [0.15, 0.2) is 0 Å². The Kier molecular flexibility index (Phi) is 4.05. The molecule has 0 fully saturated rings. The van der Waals surface area contributed by atoms with Crippen LogP contribution in [-0.4, -0.2) is 9.55 Å². The second-order valence-corrected chi connectivity index (χ2v) is 5.88. The Morgan fingerprint density at radius 2 is 1.86 bits per heavy atom. The molecular formula is C19H22N3+. The average molecular weight is 292 g/mol. The molecule has 2 heterocycles. The maximum atomic E-state index is 4.38. The quantitative estimate of drug-likeness (QED) is 0.676. The Bertz CT molecular complexity index is 749. The minimum atomic E-state index is 0.938. The molecule has 0 unspecified atom stereocenters. The van der Waals surface area contributed by atoms with Crippen LogP contribution in [0.3, 0.4) is 0 Å². The third kappa shape index (κ3) is 3.08. The molecule has 0 amide bonds. The second kappa shape index (κ2) is 6.14. The molecule has 0 aliphatic carbocycles. The SMILES string of the molecule is Cc1cc(C)c(-n2cc[n+](CCc3ccccn3)c2)c(C)c1. The van der Waals surface area contributed by atoms with Gasteiger partial charge in [-0.05, 0) is 44.0 Å². The molecule has 0 atom stereocenters. The van der Waals surface area contributed by atoms with Crippen molar-refractivity contribution in [1.29, 1.82) is 0 Å². The average Bonchev–Trinajstić information content (AvgIpc) is 2.94. The summed E-state index contributed by atoms with van der Waals surface area (Å²) in [6.07, 6.45) is 9.21. The highest BCUT2D eigenvalue weighted by atomic mass is 15.1. The maximum Gasteiger partial charge on any atom is 0.249 e. The van der Waals surface area contributed by atoms with Gasteiger partial charge in [0, 0.05) is 18.3 Å². The van der Waals surface area contributed by atoms with E-state index in [0.717, 1.165) is 18.7 Å². The predicted octanol–water partition coefficient (Wildman–Crippen LogP) is 3.33. The van der Waals surface area contributed by atoms with E-state index in [9.17, 15) is 0 Å². The first-order valence-electron chi connectivity index (χ1n) is 7.68. The molecule has 22 heavy (non-hydrogen) atoms. The van der Waals surface area contributed by atoms with E-state index in [2.05, 4.69) is 71.8 Å². The predicted molar refractivity (Wildman–Crippen MR) is 88.1 cm³/mol. The first kappa shape index (κ1) is 14.5. The standard InChI is InChI=1S/C19H22N3/c1-15-12-16(2)19(17(3)13-15)22-11-10-21(14-22)9-7-18-6-4-5-8-20-18/h4-6,8,10-14H,7,9H2,1-3H3/q+1. The van der Waals surface area contributed by atoms with Crippen LogP contribution >= 0.6 is 0 Å². The van der Waals surface area contributed by atoms with Gasteiger partial charge in [-0.3, -0.25) is 4.98 Å². The number of hydrogen-bond acceptors (Lipinski definition) is 1. The summed E-state index contributed by atoms with van der Waals surface area (Å²) in [4.78, 5) is 4.38. The van der Waals surface area contributed by atoms with Gasteiger partial charge in [-0.15, -0.1) is 0 Å². The molecule has 0 spiro atoms. The summed E-state index contributed by atoms with van der Waals surface area (Å²) in [6, 6.07) is 10.5. The molecule has 0 N–H and O–H groups in total. The van der Waals surface area contributed by atoms with Gasteiger partial charge < -0.3 is 0 Å². The van der Waals surface area contributed by atoms with Crippen LogP contribution in [0.2, 0.25) is 0 Å². The van der Waals surface area contributed by atoms with Gasteiger partial charge in [0.25, 0.3) is 0 Å². The Morgan fingerprint density at radius 1 is 1.09 bits per heavy atom. The number of rotatable bonds is 4. The van der Waals surface area contributed by atoms with Crippen molar-refractivity contribution in [3.05, 3.63) is 77.6 Å². The van der Waals surface area contributed by atoms with E-state index in [0.29, 0.717) is 0 Å². The van der Waals surface area contributed by atoms with Crippen molar-refractivity contribution in [2.45, 2.75) is 33.7 Å². The monoisotopic (exact) mass is 292 g/mol. The molecule has 3 rings (SSSR count). The fourth-order valence-corrected chi connectivity index (χ4v) is 3.03. The molecule has 1 aromatic carbocycles. The van der Waals surface area contributed by atoms with Crippen molar-refractivity contribution in [1.82, 2.24) is 9.55 Å². The molecule has 0 aliphatic rings. The molecule has 0 saturated heterocycles. The van der Waals surface area contributed by atoms with Gasteiger partial charge in [-0.1, -0.05) is 23.8 Å². The lowest BCUT2D eigenvalue weighted by atomic mass is 10.1. The maximum absolute atomic E-state index is 4.38. The fraction of sp³-hybridized carbons (Fsp3) is 0.263. The topological polar surface area (TPSA) is 21.7 Å². The minimum absolute atomic E-state index is 0.938. The summed E-state index contributed by atoms with van der Waals surface area (Å²) in [5, 5.41) is 0. The van der Waals surface area contributed by atoms with E-state index >= 15 is 0 Å². The van der Waals surface area contributed by atoms with Gasteiger partial charge in [-0.25, -0.2) is 9.13 Å². The molecular weight excluding hydrogens is 270 g/mol. The molecule has 3 aromatic rings. The molecule has 2 aromatic heterocycles. The van der Waals surface area contributed by atoms with E-state index in [1.165, 1.54) is 22.4 Å². The summed E-state index contributed by atoms with van der Waals surface area (Å²) in [7, 11) is 0. The molecule has 0 bridgehead atoms. The molecule has 3 heteroatoms. The molecule has 0 radical (unpaired) electrons. The highest BCUT2D eigenvalue weighted by Gasteiger charge is 2.12. The number of benzene rings is 1. The van der Waals surface area contributed by atoms with Crippen LogP contribution in [0.4, 0.5) is 0 Å². The smallest absolute Gasteiger partial charge is 0.249 e. The van der Waals surface area contributed by atoms with Gasteiger partial charge in [0.1, 0.15) is 18.1 Å². The van der Waals surface area contributed by atoms with Gasteiger partial charge >= 0.3 is 0 Å². The zero-order valence-corrected chi connectivity index (χ0v) is 13.5. The molecule has 112 valence electrons. The number of hydrogen-bond donors (Lipinski definition) is 0. The van der Waals surface area contributed by atoms with Crippen LogP contribution in [-0.2, 0) is 13.0 Å². The van der Waals surface area contributed by atoms with Gasteiger partial charge in [0.2, 0.25) is 6.33 Å². The van der Waals surface area contributed by atoms with Crippen molar-refractivity contribution >= 4 is 0 Å². The summed E-state index contributed by atoms with van der Waals surface area (Å²) >= 11 is 0. The Hall–Kier alpha value is -2.42. The van der Waals surface area contributed by atoms with Crippen LogP contribution in [0.1, 0.15) is 22.4 Å². The Morgan fingerprint density at radius 3 is 2.55 bits per heavy atom. The van der Waals surface area contributed by atoms with Crippen molar-refractivity contribution in [3.63, 3.8) is 0 Å². The fourth-order valence-electron chi connectivity index (χ4n) is 3.03. The normalized spacial score (nSPS) is 10.9. The lowest BCUT2D eigenvalue weighted by Crippen LogP contribution is -2.32. The van der Waals surface area contributed by atoms with Crippen LogP contribution in [0, 0.1) is 20.8 Å². The number of aromatic nitrogens is 3. The number of aryl methyl sites for hydroxylation is 5. The number of imidazole rings is 1. The zero-order chi connectivity index (χ0) is 15.5. The van der Waals surface area contributed by atoms with E-state index in [1.807, 2.05) is 18.3 Å². The van der Waals surface area contributed by atoms with Crippen molar-refractivity contribution in [3.8, 4) is 5.69 Å². The second-order valence-electron chi connectivity index (χ2n) is 5.88. The summed E-state index contributed by atoms with van der Waals surface area (Å²) < 4.78 is 4.43. The summed E-state index contributed by atoms with van der Waals surface area (Å²) in [5.41, 5.74) is 6.34. The van der Waals surface area contributed by atoms with Gasteiger partial charge in [0.05, 0.1) is 6.54 Å². The third-order valence-electron chi connectivity index (χ3n) is 3.94. The van der Waals surface area contributed by atoms with Crippen molar-refractivity contribution in [2.75, 3.05) is 0 Å². The van der Waals surface area contributed by atoms with Gasteiger partial charge in [-0.2, -0.15) is 0 Å². The minimum Gasteiger partial charge on any atom is -0.261 e. The third-order valence-corrected chi connectivity index (χ3v) is 3.94. The number of nitrogens with zero attached hydrogens (tertiary/aromatic N) is 3. The van der Waals surface area contributed by atoms with E-state index in [1.54, 1.807) is 0 Å². The lowest BCUT2D eigenvalue weighted by Gasteiger charge is -2.07. The van der Waals surface area contributed by atoms with Crippen LogP contribution in [0.15, 0.2) is 55.2 Å². The molecule has 0 aliphatic heterocycles. The van der Waals surface area contributed by atoms with Crippen molar-refractivity contribution < 1.29 is 4.57 Å². The summed E-state index contributed by atoms with van der Waals surface area (Å²) in [6.45, 7) is 7.43. The van der Waals surface area contributed by atoms with Crippen LogP contribution in [0.5, 0.6) is 0 Å².